The third-order valence-corrected chi connectivity index (χ3v) is 4.15. The highest BCUT2D eigenvalue weighted by Crippen LogP contribution is 2.25. The van der Waals surface area contributed by atoms with Crippen LogP contribution in [0.3, 0.4) is 0 Å². The van der Waals surface area contributed by atoms with Gasteiger partial charge >= 0.3 is 0 Å². The number of ether oxygens (including phenoxy) is 1. The number of rotatable bonds is 7. The summed E-state index contributed by atoms with van der Waals surface area (Å²) in [6.45, 7) is 0.555. The summed E-state index contributed by atoms with van der Waals surface area (Å²) in [6.07, 6.45) is 4.97. The quantitative estimate of drug-likeness (QED) is 0.503. The first kappa shape index (κ1) is 17.9. The predicted molar refractivity (Wildman–Crippen MR) is 100.0 cm³/mol. The number of halogens is 1. The highest BCUT2D eigenvalue weighted by atomic mass is 19.1. The minimum absolute atomic E-state index is 0.0397. The summed E-state index contributed by atoms with van der Waals surface area (Å²) in [6, 6.07) is 6.56. The van der Waals surface area contributed by atoms with E-state index in [1.165, 1.54) is 13.2 Å². The number of aliphatic hydroxyl groups is 1. The molecule has 0 saturated carbocycles. The second-order valence-electron chi connectivity index (χ2n) is 6.03. The molecule has 0 aliphatic heterocycles. The third-order valence-electron chi connectivity index (χ3n) is 4.15. The lowest BCUT2D eigenvalue weighted by molar-refractivity contribution is 0.267. The molecule has 0 atom stereocenters. The molecule has 0 unspecified atom stereocenters. The summed E-state index contributed by atoms with van der Waals surface area (Å²) >= 11 is 0. The van der Waals surface area contributed by atoms with Crippen molar-refractivity contribution in [3.8, 4) is 5.88 Å². The van der Waals surface area contributed by atoms with E-state index in [1.54, 1.807) is 46.2 Å². The van der Waals surface area contributed by atoms with E-state index >= 15 is 0 Å². The topological polar surface area (TPSA) is 103 Å². The molecule has 10 heteroatoms. The van der Waals surface area contributed by atoms with Gasteiger partial charge in [-0.3, -0.25) is 4.68 Å². The molecule has 0 amide bonds. The molecule has 0 aliphatic carbocycles. The van der Waals surface area contributed by atoms with E-state index in [4.69, 9.17) is 9.84 Å². The van der Waals surface area contributed by atoms with Gasteiger partial charge in [-0.15, -0.1) is 5.10 Å². The first-order valence-electron chi connectivity index (χ1n) is 8.59. The smallest absolute Gasteiger partial charge is 0.256 e. The van der Waals surface area contributed by atoms with E-state index in [-0.39, 0.29) is 19.0 Å². The number of methoxy groups -OCH3 is 1. The predicted octanol–water partition coefficient (Wildman–Crippen LogP) is 1.95. The Balaban J connectivity index is 1.64. The van der Waals surface area contributed by atoms with Crippen molar-refractivity contribution in [2.75, 3.05) is 19.0 Å². The van der Waals surface area contributed by atoms with Gasteiger partial charge in [0.25, 0.3) is 5.88 Å². The van der Waals surface area contributed by atoms with E-state index in [2.05, 4.69) is 25.5 Å². The van der Waals surface area contributed by atoms with Gasteiger partial charge in [-0.1, -0.05) is 18.2 Å². The van der Waals surface area contributed by atoms with Gasteiger partial charge < -0.3 is 15.2 Å². The standard InChI is InChI=1S/C18H18FN7O2/c1-28-17-15(11-25(24-17)6-7-27)22-18-20-8-13-9-21-26(16(13)23-18)10-12-4-2-3-5-14(12)19/h2-5,8-9,11,27H,6-7,10H2,1H3,(H,20,22,23). The van der Waals surface area contributed by atoms with Gasteiger partial charge in [-0.25, -0.2) is 14.1 Å². The first-order valence-corrected chi connectivity index (χ1v) is 8.59. The van der Waals surface area contributed by atoms with Gasteiger partial charge in [0, 0.05) is 11.8 Å². The fraction of sp³-hybridized carbons (Fsp3) is 0.222. The van der Waals surface area contributed by atoms with Gasteiger partial charge in [0.05, 0.1) is 44.6 Å². The summed E-state index contributed by atoms with van der Waals surface area (Å²) in [5.74, 6) is 0.390. The van der Waals surface area contributed by atoms with Crippen LogP contribution in [0.15, 0.2) is 42.9 Å². The fourth-order valence-corrected chi connectivity index (χ4v) is 2.81. The van der Waals surface area contributed by atoms with E-state index in [1.807, 2.05) is 0 Å². The molecule has 9 nitrogen and oxygen atoms in total. The van der Waals surface area contributed by atoms with Crippen LogP contribution in [0.25, 0.3) is 11.0 Å². The minimum Gasteiger partial charge on any atom is -0.478 e. The summed E-state index contributed by atoms with van der Waals surface area (Å²) in [5.41, 5.74) is 1.66. The molecule has 0 radical (unpaired) electrons. The average molecular weight is 383 g/mol. The van der Waals surface area contributed by atoms with Crippen LogP contribution in [-0.4, -0.2) is 48.4 Å². The molecule has 3 heterocycles. The number of hydrogen-bond donors (Lipinski definition) is 2. The van der Waals surface area contributed by atoms with E-state index in [9.17, 15) is 4.39 Å². The van der Waals surface area contributed by atoms with Crippen molar-refractivity contribution in [3.63, 3.8) is 0 Å². The molecule has 4 rings (SSSR count). The Bertz CT molecular complexity index is 1110. The Labute approximate surface area is 159 Å². The van der Waals surface area contributed by atoms with Crippen molar-refractivity contribution in [1.82, 2.24) is 29.5 Å². The maximum Gasteiger partial charge on any atom is 0.256 e. The van der Waals surface area contributed by atoms with Crippen LogP contribution in [-0.2, 0) is 13.1 Å². The maximum absolute atomic E-state index is 14.0. The molecule has 2 N–H and O–H groups in total. The normalized spacial score (nSPS) is 11.1. The lowest BCUT2D eigenvalue weighted by atomic mass is 10.2. The Kier molecular flexibility index (Phi) is 4.85. The second-order valence-corrected chi connectivity index (χ2v) is 6.03. The van der Waals surface area contributed by atoms with Gasteiger partial charge in [-0.05, 0) is 6.07 Å². The van der Waals surface area contributed by atoms with Crippen LogP contribution in [0, 0.1) is 5.82 Å². The van der Waals surface area contributed by atoms with Gasteiger partial charge in [0.2, 0.25) is 5.95 Å². The molecule has 3 aromatic heterocycles. The number of fused-ring (bicyclic) bond motifs is 1. The lowest BCUT2D eigenvalue weighted by Gasteiger charge is -2.06. The zero-order valence-electron chi connectivity index (χ0n) is 15.1. The van der Waals surface area contributed by atoms with Crippen molar-refractivity contribution in [1.29, 1.82) is 0 Å². The van der Waals surface area contributed by atoms with Crippen LogP contribution in [0.4, 0.5) is 16.0 Å². The number of nitrogens with one attached hydrogen (secondary N) is 1. The molecule has 4 aromatic rings. The molecule has 0 bridgehead atoms. The van der Waals surface area contributed by atoms with Crippen LogP contribution in [0.2, 0.25) is 0 Å². The number of benzene rings is 1. The Morgan fingerprint density at radius 1 is 1.25 bits per heavy atom. The zero-order chi connectivity index (χ0) is 19.5. The molecule has 0 spiro atoms. The van der Waals surface area contributed by atoms with Crippen molar-refractivity contribution >= 4 is 22.7 Å². The summed E-state index contributed by atoms with van der Waals surface area (Å²) in [7, 11) is 1.50. The maximum atomic E-state index is 14.0. The van der Waals surface area contributed by atoms with Crippen molar-refractivity contribution in [3.05, 3.63) is 54.2 Å². The average Bonchev–Trinajstić information content (AvgIpc) is 3.27. The summed E-state index contributed by atoms with van der Waals surface area (Å²) in [4.78, 5) is 8.78. The molecular weight excluding hydrogens is 365 g/mol. The van der Waals surface area contributed by atoms with Gasteiger partial charge in [-0.2, -0.15) is 10.1 Å². The number of aliphatic hydroxyl groups excluding tert-OH is 1. The minimum atomic E-state index is -0.292. The van der Waals surface area contributed by atoms with Crippen LogP contribution in [0.1, 0.15) is 5.56 Å². The van der Waals surface area contributed by atoms with Crippen LogP contribution >= 0.6 is 0 Å². The van der Waals surface area contributed by atoms with E-state index in [0.717, 1.165) is 5.39 Å². The number of hydrogen-bond acceptors (Lipinski definition) is 7. The van der Waals surface area contributed by atoms with Crippen molar-refractivity contribution in [2.45, 2.75) is 13.1 Å². The van der Waals surface area contributed by atoms with Crippen molar-refractivity contribution < 1.29 is 14.2 Å². The van der Waals surface area contributed by atoms with Crippen molar-refractivity contribution in [2.24, 2.45) is 0 Å². The second kappa shape index (κ2) is 7.61. The third kappa shape index (κ3) is 3.49. The molecule has 0 saturated heterocycles. The fourth-order valence-electron chi connectivity index (χ4n) is 2.81. The molecule has 0 aliphatic rings. The Hall–Kier alpha value is -3.53. The molecule has 144 valence electrons. The Morgan fingerprint density at radius 2 is 2.11 bits per heavy atom. The monoisotopic (exact) mass is 383 g/mol. The van der Waals surface area contributed by atoms with Crippen LogP contribution < -0.4 is 10.1 Å². The van der Waals surface area contributed by atoms with E-state index in [0.29, 0.717) is 35.3 Å². The molecule has 0 fully saturated rings. The Morgan fingerprint density at radius 3 is 2.89 bits per heavy atom. The lowest BCUT2D eigenvalue weighted by Crippen LogP contribution is -2.06. The molecule has 1 aromatic carbocycles. The SMILES string of the molecule is COc1nn(CCO)cc1Nc1ncc2cnn(Cc3ccccc3F)c2n1. The highest BCUT2D eigenvalue weighted by molar-refractivity contribution is 5.75. The number of nitrogens with zero attached hydrogens (tertiary/aromatic N) is 6. The summed E-state index contributed by atoms with van der Waals surface area (Å²) < 4.78 is 22.4. The molecular formula is C18H18FN7O2. The largest absolute Gasteiger partial charge is 0.478 e. The summed E-state index contributed by atoms with van der Waals surface area (Å²) in [5, 5.41) is 21.4. The highest BCUT2D eigenvalue weighted by Gasteiger charge is 2.13. The van der Waals surface area contributed by atoms with Gasteiger partial charge in [0.1, 0.15) is 11.5 Å². The first-order chi connectivity index (χ1) is 13.7. The zero-order valence-corrected chi connectivity index (χ0v) is 15.1. The number of aromatic nitrogens is 6. The van der Waals surface area contributed by atoms with E-state index < -0.39 is 0 Å². The van der Waals surface area contributed by atoms with Crippen LogP contribution in [0.5, 0.6) is 5.88 Å². The molecule has 28 heavy (non-hydrogen) atoms. The van der Waals surface area contributed by atoms with Gasteiger partial charge in [0.15, 0.2) is 5.65 Å². The number of anilines is 2.